The number of amides is 2. The van der Waals surface area contributed by atoms with Crippen LogP contribution in [0.1, 0.15) is 41.4 Å². The van der Waals surface area contributed by atoms with E-state index in [1.54, 1.807) is 18.2 Å². The highest BCUT2D eigenvalue weighted by Gasteiger charge is 2.34. The lowest BCUT2D eigenvalue weighted by atomic mass is 10.0. The minimum atomic E-state index is -0.845. The molecule has 1 aromatic carbocycles. The Bertz CT molecular complexity index is 953. The largest absolute Gasteiger partial charge is 0.481 e. The summed E-state index contributed by atoms with van der Waals surface area (Å²) in [7, 11) is 0. The van der Waals surface area contributed by atoms with E-state index < -0.39 is 5.97 Å². The Morgan fingerprint density at radius 2 is 1.92 bits per heavy atom. The van der Waals surface area contributed by atoms with Crippen LogP contribution in [0.4, 0.5) is 5.69 Å². The smallest absolute Gasteiger partial charge is 0.303 e. The monoisotopic (exact) mass is 352 g/mol. The first-order valence-electron chi connectivity index (χ1n) is 8.37. The number of rotatable bonds is 4. The number of nitrogens with zero attached hydrogens (tertiary/aromatic N) is 1. The number of benzene rings is 1. The third-order valence-electron chi connectivity index (χ3n) is 4.69. The molecule has 2 amide bonds. The molecule has 0 atom stereocenters. The van der Waals surface area contributed by atoms with Crippen LogP contribution < -0.4 is 4.90 Å². The van der Waals surface area contributed by atoms with Crippen molar-refractivity contribution >= 4 is 35.1 Å². The van der Waals surface area contributed by atoms with Crippen LogP contribution in [0, 0.1) is 13.8 Å². The minimum Gasteiger partial charge on any atom is -0.481 e. The van der Waals surface area contributed by atoms with Crippen LogP contribution in [0.25, 0.3) is 11.6 Å². The molecule has 6 heteroatoms. The van der Waals surface area contributed by atoms with Gasteiger partial charge in [0, 0.05) is 30.3 Å². The van der Waals surface area contributed by atoms with E-state index in [1.165, 1.54) is 11.8 Å². The Kier molecular flexibility index (Phi) is 4.50. The van der Waals surface area contributed by atoms with E-state index in [0.717, 1.165) is 22.5 Å². The molecule has 0 aliphatic carbocycles. The number of carboxylic acid groups (broad SMARTS) is 1. The maximum Gasteiger partial charge on any atom is 0.303 e. The molecule has 0 bridgehead atoms. The Morgan fingerprint density at radius 1 is 1.23 bits per heavy atom. The molecule has 2 N–H and O–H groups in total. The predicted octanol–water partition coefficient (Wildman–Crippen LogP) is 3.08. The Balaban J connectivity index is 2.06. The Hall–Kier alpha value is -3.15. The van der Waals surface area contributed by atoms with Gasteiger partial charge in [0.15, 0.2) is 0 Å². The molecule has 0 saturated carbocycles. The zero-order chi connectivity index (χ0) is 19.0. The zero-order valence-electron chi connectivity index (χ0n) is 14.9. The van der Waals surface area contributed by atoms with Gasteiger partial charge in [0.05, 0.1) is 11.3 Å². The number of hydrogen-bond acceptors (Lipinski definition) is 3. The molecule has 6 nitrogen and oxygen atoms in total. The highest BCUT2D eigenvalue weighted by atomic mass is 16.4. The fourth-order valence-electron chi connectivity index (χ4n) is 3.40. The number of carbonyl (C=O) groups is 3. The van der Waals surface area contributed by atoms with Crippen molar-refractivity contribution in [2.75, 3.05) is 4.90 Å². The normalized spacial score (nSPS) is 14.8. The molecule has 0 unspecified atom stereocenters. The fourth-order valence-corrected chi connectivity index (χ4v) is 3.40. The lowest BCUT2D eigenvalue weighted by molar-refractivity contribution is -0.137. The minimum absolute atomic E-state index is 0.0510. The predicted molar refractivity (Wildman–Crippen MR) is 98.7 cm³/mol. The number of imide groups is 1. The molecule has 0 radical (unpaired) electrons. The van der Waals surface area contributed by atoms with Gasteiger partial charge in [0.2, 0.25) is 5.91 Å². The van der Waals surface area contributed by atoms with Gasteiger partial charge in [-0.2, -0.15) is 0 Å². The summed E-state index contributed by atoms with van der Waals surface area (Å²) in [6.45, 7) is 5.16. The Morgan fingerprint density at radius 3 is 2.58 bits per heavy atom. The number of para-hydroxylation sites is 1. The number of hydrogen-bond donors (Lipinski definition) is 2. The molecule has 1 aliphatic heterocycles. The number of carboxylic acids is 1. The standard InChI is InChI=1S/C20H20N2O4/c1-11-14(8-9-19(24)25)12(2)21-17(11)10-16-15-6-4-5-7-18(15)22(13(3)23)20(16)26/h4-7,10,21H,8-9H2,1-3H3,(H,24,25)/b16-10-. The van der Waals surface area contributed by atoms with Crippen molar-refractivity contribution in [2.24, 2.45) is 0 Å². The van der Waals surface area contributed by atoms with Gasteiger partial charge in [-0.15, -0.1) is 0 Å². The van der Waals surface area contributed by atoms with Crippen LogP contribution in [0.2, 0.25) is 0 Å². The van der Waals surface area contributed by atoms with Gasteiger partial charge in [-0.3, -0.25) is 14.4 Å². The Labute approximate surface area is 151 Å². The highest BCUT2D eigenvalue weighted by Crippen LogP contribution is 2.38. The van der Waals surface area contributed by atoms with Crippen molar-refractivity contribution in [1.29, 1.82) is 0 Å². The van der Waals surface area contributed by atoms with Crippen molar-refractivity contribution in [1.82, 2.24) is 4.98 Å². The van der Waals surface area contributed by atoms with Crippen molar-refractivity contribution in [3.63, 3.8) is 0 Å². The number of fused-ring (bicyclic) bond motifs is 1. The number of nitrogens with one attached hydrogen (secondary N) is 1. The second kappa shape index (κ2) is 6.63. The highest BCUT2D eigenvalue weighted by molar-refractivity contribution is 6.41. The number of aromatic nitrogens is 1. The van der Waals surface area contributed by atoms with Crippen molar-refractivity contribution in [3.05, 3.63) is 52.3 Å². The number of carbonyl (C=O) groups excluding carboxylic acids is 2. The maximum atomic E-state index is 12.8. The number of aliphatic carboxylic acids is 1. The van der Waals surface area contributed by atoms with Gasteiger partial charge in [-0.25, -0.2) is 4.90 Å². The van der Waals surface area contributed by atoms with Crippen molar-refractivity contribution < 1.29 is 19.5 Å². The van der Waals surface area contributed by atoms with Crippen LogP contribution in [-0.4, -0.2) is 27.9 Å². The average molecular weight is 352 g/mol. The van der Waals surface area contributed by atoms with E-state index >= 15 is 0 Å². The zero-order valence-corrected chi connectivity index (χ0v) is 14.9. The topological polar surface area (TPSA) is 90.5 Å². The second-order valence-electron chi connectivity index (χ2n) is 6.40. The molecule has 2 heterocycles. The first-order chi connectivity index (χ1) is 12.3. The SMILES string of the molecule is CC(=O)N1C(=O)/C(=C\c2[nH]c(C)c(CCC(=O)O)c2C)c2ccccc21. The lowest BCUT2D eigenvalue weighted by Gasteiger charge is -2.11. The van der Waals surface area contributed by atoms with Gasteiger partial charge in [0.25, 0.3) is 5.91 Å². The van der Waals surface area contributed by atoms with Gasteiger partial charge in [-0.1, -0.05) is 18.2 Å². The molecule has 2 aromatic rings. The molecular formula is C20H20N2O4. The van der Waals surface area contributed by atoms with Crippen LogP contribution in [0.3, 0.4) is 0 Å². The second-order valence-corrected chi connectivity index (χ2v) is 6.40. The summed E-state index contributed by atoms with van der Waals surface area (Å²) in [5.41, 5.74) is 5.26. The summed E-state index contributed by atoms with van der Waals surface area (Å²) in [5, 5.41) is 8.91. The molecular weight excluding hydrogens is 332 g/mol. The van der Waals surface area contributed by atoms with E-state index in [1.807, 2.05) is 26.0 Å². The van der Waals surface area contributed by atoms with Gasteiger partial charge in [0.1, 0.15) is 0 Å². The molecule has 0 saturated heterocycles. The fraction of sp³-hybridized carbons (Fsp3) is 0.250. The number of H-pyrrole nitrogens is 1. The quantitative estimate of drug-likeness (QED) is 0.828. The lowest BCUT2D eigenvalue weighted by Crippen LogP contribution is -2.31. The first-order valence-corrected chi connectivity index (χ1v) is 8.37. The molecule has 3 rings (SSSR count). The van der Waals surface area contributed by atoms with Crippen LogP contribution in [0.15, 0.2) is 24.3 Å². The summed E-state index contributed by atoms with van der Waals surface area (Å²) in [6, 6.07) is 7.19. The van der Waals surface area contributed by atoms with Crippen LogP contribution in [-0.2, 0) is 20.8 Å². The third-order valence-corrected chi connectivity index (χ3v) is 4.69. The van der Waals surface area contributed by atoms with E-state index in [4.69, 9.17) is 5.11 Å². The molecule has 26 heavy (non-hydrogen) atoms. The van der Waals surface area contributed by atoms with Gasteiger partial charge in [-0.05, 0) is 43.5 Å². The number of aryl methyl sites for hydroxylation is 1. The summed E-state index contributed by atoms with van der Waals surface area (Å²) >= 11 is 0. The maximum absolute atomic E-state index is 12.8. The molecule has 0 fully saturated rings. The van der Waals surface area contributed by atoms with E-state index in [0.29, 0.717) is 23.2 Å². The summed E-state index contributed by atoms with van der Waals surface area (Å²) in [4.78, 5) is 39.9. The van der Waals surface area contributed by atoms with Crippen molar-refractivity contribution in [3.8, 4) is 0 Å². The average Bonchev–Trinajstić information content (AvgIpc) is 3.00. The van der Waals surface area contributed by atoms with E-state index in [9.17, 15) is 14.4 Å². The molecule has 1 aromatic heterocycles. The summed E-state index contributed by atoms with van der Waals surface area (Å²) < 4.78 is 0. The van der Waals surface area contributed by atoms with Crippen LogP contribution in [0.5, 0.6) is 0 Å². The van der Waals surface area contributed by atoms with Crippen molar-refractivity contribution in [2.45, 2.75) is 33.6 Å². The van der Waals surface area contributed by atoms with Gasteiger partial charge >= 0.3 is 5.97 Å². The summed E-state index contributed by atoms with van der Waals surface area (Å²) in [6.07, 6.45) is 2.23. The number of anilines is 1. The summed E-state index contributed by atoms with van der Waals surface area (Å²) in [5.74, 6) is -1.52. The first kappa shape index (κ1) is 17.7. The third kappa shape index (κ3) is 2.94. The van der Waals surface area contributed by atoms with Gasteiger partial charge < -0.3 is 10.1 Å². The molecule has 1 aliphatic rings. The molecule has 134 valence electrons. The van der Waals surface area contributed by atoms with E-state index in [-0.39, 0.29) is 18.2 Å². The van der Waals surface area contributed by atoms with E-state index in [2.05, 4.69) is 4.98 Å². The molecule has 0 spiro atoms. The number of aromatic amines is 1. The van der Waals surface area contributed by atoms with Crippen LogP contribution >= 0.6 is 0 Å².